The van der Waals surface area contributed by atoms with Gasteiger partial charge in [-0.15, -0.1) is 0 Å². The van der Waals surface area contributed by atoms with Crippen LogP contribution in [0.4, 0.5) is 0 Å². The zero-order valence-corrected chi connectivity index (χ0v) is 12.4. The van der Waals surface area contributed by atoms with Crippen molar-refractivity contribution in [1.29, 1.82) is 0 Å². The second-order valence-corrected chi connectivity index (χ2v) is 6.61. The lowest BCUT2D eigenvalue weighted by Crippen LogP contribution is -2.29. The summed E-state index contributed by atoms with van der Waals surface area (Å²) in [6.45, 7) is 0.249. The van der Waals surface area contributed by atoms with Crippen LogP contribution in [0, 0.1) is 0 Å². The van der Waals surface area contributed by atoms with E-state index in [-0.39, 0.29) is 25.1 Å². The van der Waals surface area contributed by atoms with E-state index in [4.69, 9.17) is 9.84 Å². The van der Waals surface area contributed by atoms with E-state index in [1.54, 1.807) is 31.4 Å². The molecule has 0 saturated heterocycles. The smallest absolute Gasteiger partial charge is 0.303 e. The molecule has 0 aliphatic rings. The molecular formula is C13H19NO5S. The van der Waals surface area contributed by atoms with E-state index >= 15 is 0 Å². The Morgan fingerprint density at radius 1 is 1.30 bits per heavy atom. The number of sulfonamides is 1. The Bertz CT molecular complexity index is 538. The highest BCUT2D eigenvalue weighted by Crippen LogP contribution is 2.14. The highest BCUT2D eigenvalue weighted by molar-refractivity contribution is 7.89. The van der Waals surface area contributed by atoms with Crippen molar-refractivity contribution in [3.63, 3.8) is 0 Å². The minimum Gasteiger partial charge on any atom is -0.497 e. The third kappa shape index (κ3) is 5.18. The van der Waals surface area contributed by atoms with E-state index in [9.17, 15) is 13.2 Å². The standard InChI is InChI=1S/C13H19NO5S/c1-14(20(17,18)9-3-4-13(15)16)10-11-5-7-12(19-2)8-6-11/h5-8H,3-4,9-10H2,1-2H3,(H,15,16). The highest BCUT2D eigenvalue weighted by Gasteiger charge is 2.18. The number of carbonyl (C=O) groups is 1. The summed E-state index contributed by atoms with van der Waals surface area (Å²) in [5, 5.41) is 8.51. The van der Waals surface area contributed by atoms with Gasteiger partial charge in [0.15, 0.2) is 0 Å². The van der Waals surface area contributed by atoms with Crippen molar-refractivity contribution in [2.75, 3.05) is 19.9 Å². The number of benzene rings is 1. The van der Waals surface area contributed by atoms with E-state index in [0.717, 1.165) is 5.56 Å². The van der Waals surface area contributed by atoms with Crippen molar-refractivity contribution in [1.82, 2.24) is 4.31 Å². The zero-order chi connectivity index (χ0) is 15.2. The third-order valence-electron chi connectivity index (χ3n) is 2.83. The molecule has 0 saturated carbocycles. The lowest BCUT2D eigenvalue weighted by atomic mass is 10.2. The van der Waals surface area contributed by atoms with Crippen molar-refractivity contribution in [2.45, 2.75) is 19.4 Å². The van der Waals surface area contributed by atoms with Crippen molar-refractivity contribution in [3.8, 4) is 5.75 Å². The van der Waals surface area contributed by atoms with Crippen LogP contribution < -0.4 is 4.74 Å². The molecule has 1 N–H and O–H groups in total. The first kappa shape index (κ1) is 16.5. The Labute approximate surface area is 119 Å². The monoisotopic (exact) mass is 301 g/mol. The summed E-state index contributed by atoms with van der Waals surface area (Å²) in [6.07, 6.45) is -0.0276. The minimum atomic E-state index is -3.43. The van der Waals surface area contributed by atoms with Gasteiger partial charge in [-0.3, -0.25) is 4.79 Å². The van der Waals surface area contributed by atoms with Gasteiger partial charge in [-0.2, -0.15) is 0 Å². The molecule has 6 nitrogen and oxygen atoms in total. The van der Waals surface area contributed by atoms with Gasteiger partial charge in [0.05, 0.1) is 12.9 Å². The van der Waals surface area contributed by atoms with Gasteiger partial charge in [0, 0.05) is 20.0 Å². The molecule has 1 rings (SSSR count). The molecule has 0 fully saturated rings. The fourth-order valence-electron chi connectivity index (χ4n) is 1.65. The summed E-state index contributed by atoms with van der Waals surface area (Å²) in [5.41, 5.74) is 0.843. The van der Waals surface area contributed by atoms with Crippen LogP contribution in [0.5, 0.6) is 5.75 Å². The van der Waals surface area contributed by atoms with Crippen LogP contribution in [0.2, 0.25) is 0 Å². The Kier molecular flexibility index (Phi) is 5.97. The maximum absolute atomic E-state index is 11.9. The number of methoxy groups -OCH3 is 1. The van der Waals surface area contributed by atoms with Gasteiger partial charge in [-0.05, 0) is 24.1 Å². The van der Waals surface area contributed by atoms with Gasteiger partial charge in [-0.25, -0.2) is 12.7 Å². The van der Waals surface area contributed by atoms with Crippen molar-refractivity contribution >= 4 is 16.0 Å². The number of aliphatic carboxylic acids is 1. The second kappa shape index (κ2) is 7.25. The molecule has 0 unspecified atom stereocenters. The van der Waals surface area contributed by atoms with E-state index in [0.29, 0.717) is 5.75 Å². The largest absolute Gasteiger partial charge is 0.497 e. The second-order valence-electron chi connectivity index (χ2n) is 4.42. The Hall–Kier alpha value is -1.60. The molecule has 112 valence electrons. The molecule has 0 bridgehead atoms. The number of carboxylic acid groups (broad SMARTS) is 1. The number of hydrogen-bond donors (Lipinski definition) is 1. The molecule has 20 heavy (non-hydrogen) atoms. The van der Waals surface area contributed by atoms with Crippen LogP contribution in [-0.2, 0) is 21.4 Å². The van der Waals surface area contributed by atoms with Crippen molar-refractivity contribution < 1.29 is 23.1 Å². The van der Waals surface area contributed by atoms with Gasteiger partial charge >= 0.3 is 5.97 Å². The predicted molar refractivity (Wildman–Crippen MR) is 75.1 cm³/mol. The SMILES string of the molecule is COc1ccc(CN(C)S(=O)(=O)CCCC(=O)O)cc1. The zero-order valence-electron chi connectivity index (χ0n) is 11.6. The first-order valence-electron chi connectivity index (χ1n) is 6.14. The average Bonchev–Trinajstić information content (AvgIpc) is 2.38. The van der Waals surface area contributed by atoms with E-state index in [2.05, 4.69) is 0 Å². The molecule has 0 spiro atoms. The molecular weight excluding hydrogens is 282 g/mol. The quantitative estimate of drug-likeness (QED) is 0.783. The van der Waals surface area contributed by atoms with Crippen LogP contribution in [0.15, 0.2) is 24.3 Å². The Balaban J connectivity index is 2.59. The first-order chi connectivity index (χ1) is 9.35. The lowest BCUT2D eigenvalue weighted by Gasteiger charge is -2.17. The van der Waals surface area contributed by atoms with E-state index < -0.39 is 16.0 Å². The Morgan fingerprint density at radius 3 is 2.40 bits per heavy atom. The number of ether oxygens (including phenoxy) is 1. The maximum atomic E-state index is 11.9. The fraction of sp³-hybridized carbons (Fsp3) is 0.462. The van der Waals surface area contributed by atoms with Gasteiger partial charge < -0.3 is 9.84 Å². The van der Waals surface area contributed by atoms with E-state index in [1.165, 1.54) is 11.4 Å². The number of hydrogen-bond acceptors (Lipinski definition) is 4. The molecule has 0 aromatic heterocycles. The third-order valence-corrected chi connectivity index (χ3v) is 4.72. The molecule has 0 heterocycles. The summed E-state index contributed by atoms with van der Waals surface area (Å²) in [5.74, 6) is -0.440. The predicted octanol–water partition coefficient (Wildman–Crippen LogP) is 1.32. The maximum Gasteiger partial charge on any atom is 0.303 e. The molecule has 1 aromatic rings. The van der Waals surface area contributed by atoms with Crippen LogP contribution in [-0.4, -0.2) is 43.7 Å². The molecule has 0 radical (unpaired) electrons. The summed E-state index contributed by atoms with van der Waals surface area (Å²) in [6, 6.07) is 7.12. The molecule has 0 aliphatic carbocycles. The molecule has 0 amide bonds. The van der Waals surface area contributed by atoms with Crippen molar-refractivity contribution in [3.05, 3.63) is 29.8 Å². The number of nitrogens with zero attached hydrogens (tertiary/aromatic N) is 1. The van der Waals surface area contributed by atoms with Crippen LogP contribution in [0.3, 0.4) is 0 Å². The summed E-state index contributed by atoms with van der Waals surface area (Å²) < 4.78 is 30.2. The van der Waals surface area contributed by atoms with E-state index in [1.807, 2.05) is 0 Å². The topological polar surface area (TPSA) is 83.9 Å². The molecule has 0 atom stereocenters. The number of carboxylic acids is 1. The normalized spacial score (nSPS) is 11.6. The van der Waals surface area contributed by atoms with Crippen LogP contribution in [0.25, 0.3) is 0 Å². The van der Waals surface area contributed by atoms with Gasteiger partial charge in [0.2, 0.25) is 10.0 Å². The van der Waals surface area contributed by atoms with Gasteiger partial charge in [0.1, 0.15) is 5.75 Å². The number of rotatable bonds is 8. The highest BCUT2D eigenvalue weighted by atomic mass is 32.2. The fourth-order valence-corrected chi connectivity index (χ4v) is 2.81. The molecule has 1 aromatic carbocycles. The summed E-state index contributed by atoms with van der Waals surface area (Å²) >= 11 is 0. The first-order valence-corrected chi connectivity index (χ1v) is 7.75. The molecule has 7 heteroatoms. The lowest BCUT2D eigenvalue weighted by molar-refractivity contribution is -0.137. The van der Waals surface area contributed by atoms with Gasteiger partial charge in [0.25, 0.3) is 0 Å². The Morgan fingerprint density at radius 2 is 1.90 bits per heavy atom. The average molecular weight is 301 g/mol. The van der Waals surface area contributed by atoms with Crippen molar-refractivity contribution in [2.24, 2.45) is 0 Å². The van der Waals surface area contributed by atoms with Gasteiger partial charge in [-0.1, -0.05) is 12.1 Å². The molecule has 0 aliphatic heterocycles. The van der Waals surface area contributed by atoms with Crippen LogP contribution >= 0.6 is 0 Å². The minimum absolute atomic E-state index is 0.116. The summed E-state index contributed by atoms with van der Waals surface area (Å²) in [4.78, 5) is 10.4. The summed E-state index contributed by atoms with van der Waals surface area (Å²) in [7, 11) is -0.381. The van der Waals surface area contributed by atoms with Crippen LogP contribution in [0.1, 0.15) is 18.4 Å².